The predicted molar refractivity (Wildman–Crippen MR) is 89.2 cm³/mol. The first-order valence-corrected chi connectivity index (χ1v) is 8.47. The van der Waals surface area contributed by atoms with E-state index in [9.17, 15) is 4.79 Å². The number of aromatic nitrogens is 2. The van der Waals surface area contributed by atoms with Gasteiger partial charge in [0.1, 0.15) is 5.69 Å². The summed E-state index contributed by atoms with van der Waals surface area (Å²) < 4.78 is 0. The largest absolute Gasteiger partial charge is 0.333 e. The van der Waals surface area contributed by atoms with Crippen molar-refractivity contribution < 1.29 is 4.79 Å². The van der Waals surface area contributed by atoms with E-state index < -0.39 is 0 Å². The lowest BCUT2D eigenvalue weighted by molar-refractivity contribution is 0.0658. The summed E-state index contributed by atoms with van der Waals surface area (Å²) >= 11 is 0. The van der Waals surface area contributed by atoms with Crippen LogP contribution < -0.4 is 0 Å². The number of para-hydroxylation sites is 2. The first kappa shape index (κ1) is 14.6. The van der Waals surface area contributed by atoms with Crippen molar-refractivity contribution in [2.75, 3.05) is 20.1 Å². The van der Waals surface area contributed by atoms with Gasteiger partial charge >= 0.3 is 0 Å². The number of likely N-dealkylation sites (tertiary alicyclic amines) is 2. The molecule has 3 heterocycles. The summed E-state index contributed by atoms with van der Waals surface area (Å²) in [5, 5.41) is 0. The smallest absolute Gasteiger partial charge is 0.274 e. The van der Waals surface area contributed by atoms with Crippen LogP contribution in [0.3, 0.4) is 0 Å². The first-order valence-electron chi connectivity index (χ1n) is 8.47. The van der Waals surface area contributed by atoms with E-state index in [2.05, 4.69) is 21.9 Å². The van der Waals surface area contributed by atoms with Gasteiger partial charge in [-0.25, -0.2) is 4.98 Å². The van der Waals surface area contributed by atoms with Crippen LogP contribution in [0.15, 0.2) is 30.5 Å². The molecular weight excluding hydrogens is 288 g/mol. The van der Waals surface area contributed by atoms with Gasteiger partial charge in [0.05, 0.1) is 17.2 Å². The van der Waals surface area contributed by atoms with Gasteiger partial charge in [0.15, 0.2) is 0 Å². The fourth-order valence-corrected chi connectivity index (χ4v) is 4.07. The Bertz CT molecular complexity index is 732. The number of hydrogen-bond donors (Lipinski definition) is 0. The molecule has 0 N–H and O–H groups in total. The van der Waals surface area contributed by atoms with Crippen molar-refractivity contribution >= 4 is 16.9 Å². The number of benzene rings is 1. The van der Waals surface area contributed by atoms with E-state index in [0.29, 0.717) is 17.8 Å². The average Bonchev–Trinajstić information content (AvgIpc) is 3.22. The summed E-state index contributed by atoms with van der Waals surface area (Å²) in [6.45, 7) is 1.97. The van der Waals surface area contributed by atoms with E-state index >= 15 is 0 Å². The molecule has 5 nitrogen and oxygen atoms in total. The van der Waals surface area contributed by atoms with Crippen LogP contribution in [0, 0.1) is 0 Å². The Labute approximate surface area is 136 Å². The van der Waals surface area contributed by atoms with Crippen molar-refractivity contribution in [2.45, 2.75) is 37.8 Å². The van der Waals surface area contributed by atoms with Crippen molar-refractivity contribution in [1.29, 1.82) is 0 Å². The monoisotopic (exact) mass is 310 g/mol. The van der Waals surface area contributed by atoms with Crippen LogP contribution >= 0.6 is 0 Å². The fraction of sp³-hybridized carbons (Fsp3) is 0.500. The highest BCUT2D eigenvalue weighted by molar-refractivity contribution is 5.94. The van der Waals surface area contributed by atoms with Gasteiger partial charge in [-0.1, -0.05) is 12.1 Å². The van der Waals surface area contributed by atoms with E-state index in [1.54, 1.807) is 6.20 Å². The summed E-state index contributed by atoms with van der Waals surface area (Å²) in [5.74, 6) is 0.0334. The molecule has 5 heteroatoms. The number of nitrogens with zero attached hydrogens (tertiary/aromatic N) is 4. The number of rotatable bonds is 2. The topological polar surface area (TPSA) is 49.3 Å². The van der Waals surface area contributed by atoms with Gasteiger partial charge in [0.2, 0.25) is 0 Å². The molecule has 2 atom stereocenters. The quantitative estimate of drug-likeness (QED) is 0.854. The van der Waals surface area contributed by atoms with Crippen LogP contribution in [0.1, 0.15) is 36.2 Å². The molecule has 1 aromatic carbocycles. The van der Waals surface area contributed by atoms with Crippen molar-refractivity contribution in [3.63, 3.8) is 0 Å². The van der Waals surface area contributed by atoms with Crippen molar-refractivity contribution in [1.82, 2.24) is 19.8 Å². The minimum absolute atomic E-state index is 0.0334. The molecule has 2 unspecified atom stereocenters. The van der Waals surface area contributed by atoms with E-state index in [0.717, 1.165) is 37.0 Å². The first-order chi connectivity index (χ1) is 11.2. The third kappa shape index (κ3) is 2.59. The summed E-state index contributed by atoms with van der Waals surface area (Å²) in [5.41, 5.74) is 2.08. The predicted octanol–water partition coefficient (Wildman–Crippen LogP) is 2.33. The second kappa shape index (κ2) is 5.89. The molecule has 4 rings (SSSR count). The van der Waals surface area contributed by atoms with Crippen LogP contribution in [-0.4, -0.2) is 57.9 Å². The molecule has 0 saturated carbocycles. The maximum Gasteiger partial charge on any atom is 0.274 e. The third-order valence-corrected chi connectivity index (χ3v) is 5.25. The number of carbonyl (C=O) groups is 1. The lowest BCUT2D eigenvalue weighted by Gasteiger charge is -2.33. The van der Waals surface area contributed by atoms with Gasteiger partial charge in [-0.2, -0.15) is 0 Å². The molecule has 2 saturated heterocycles. The number of carbonyl (C=O) groups excluding carboxylic acids is 1. The van der Waals surface area contributed by atoms with Gasteiger partial charge in [0.25, 0.3) is 5.91 Å². The molecule has 0 aliphatic carbocycles. The minimum atomic E-state index is 0.0334. The van der Waals surface area contributed by atoms with E-state index in [1.807, 2.05) is 29.2 Å². The van der Waals surface area contributed by atoms with Crippen LogP contribution in [0.4, 0.5) is 0 Å². The number of hydrogen-bond acceptors (Lipinski definition) is 4. The van der Waals surface area contributed by atoms with Gasteiger partial charge in [-0.15, -0.1) is 0 Å². The molecule has 1 aromatic heterocycles. The third-order valence-electron chi connectivity index (χ3n) is 5.25. The molecule has 0 radical (unpaired) electrons. The summed E-state index contributed by atoms with van der Waals surface area (Å²) in [4.78, 5) is 26.3. The van der Waals surface area contributed by atoms with Crippen LogP contribution in [0.25, 0.3) is 11.0 Å². The van der Waals surface area contributed by atoms with Crippen molar-refractivity contribution in [3.05, 3.63) is 36.2 Å². The van der Waals surface area contributed by atoms with Gasteiger partial charge in [-0.05, 0) is 51.4 Å². The molecular formula is C18H22N4O. The summed E-state index contributed by atoms with van der Waals surface area (Å²) in [6.07, 6.45) is 6.23. The zero-order valence-corrected chi connectivity index (χ0v) is 13.5. The standard InChI is InChI=1S/C18H22N4O/c1-21-10-4-8-16(21)17-9-5-11-22(17)18(23)15-12-19-13-6-2-3-7-14(13)20-15/h2-3,6-7,12,16-17H,4-5,8-11H2,1H3. The second-order valence-corrected chi connectivity index (χ2v) is 6.64. The average molecular weight is 310 g/mol. The molecule has 0 spiro atoms. The van der Waals surface area contributed by atoms with Crippen LogP contribution in [0.5, 0.6) is 0 Å². The van der Waals surface area contributed by atoms with Crippen LogP contribution in [-0.2, 0) is 0 Å². The van der Waals surface area contributed by atoms with Crippen LogP contribution in [0.2, 0.25) is 0 Å². The van der Waals surface area contributed by atoms with Gasteiger partial charge in [-0.3, -0.25) is 9.78 Å². The SMILES string of the molecule is CN1CCCC1C1CCCN1C(=O)c1cnc2ccccc2n1. The Balaban J connectivity index is 1.61. The fourth-order valence-electron chi connectivity index (χ4n) is 4.07. The maximum atomic E-state index is 13.0. The number of likely N-dealkylation sites (N-methyl/N-ethyl adjacent to an activating group) is 1. The lowest BCUT2D eigenvalue weighted by atomic mass is 10.0. The molecule has 2 aliphatic heterocycles. The number of fused-ring (bicyclic) bond motifs is 1. The molecule has 23 heavy (non-hydrogen) atoms. The zero-order chi connectivity index (χ0) is 15.8. The molecule has 2 aliphatic rings. The Kier molecular flexibility index (Phi) is 3.73. The van der Waals surface area contributed by atoms with E-state index in [4.69, 9.17) is 0 Å². The Hall–Kier alpha value is -2.01. The van der Waals surface area contributed by atoms with Crippen molar-refractivity contribution in [2.24, 2.45) is 0 Å². The Morgan fingerprint density at radius 1 is 1.09 bits per heavy atom. The zero-order valence-electron chi connectivity index (χ0n) is 13.5. The summed E-state index contributed by atoms with van der Waals surface area (Å²) in [6, 6.07) is 8.51. The van der Waals surface area contributed by atoms with Gasteiger partial charge < -0.3 is 9.80 Å². The Morgan fingerprint density at radius 3 is 2.61 bits per heavy atom. The molecule has 0 bridgehead atoms. The normalized spacial score (nSPS) is 25.3. The molecule has 1 amide bonds. The molecule has 2 aromatic rings. The van der Waals surface area contributed by atoms with Crippen molar-refractivity contribution in [3.8, 4) is 0 Å². The molecule has 2 fully saturated rings. The Morgan fingerprint density at radius 2 is 1.83 bits per heavy atom. The van der Waals surface area contributed by atoms with E-state index in [1.165, 1.54) is 12.8 Å². The highest BCUT2D eigenvalue weighted by Gasteiger charge is 2.39. The highest BCUT2D eigenvalue weighted by Crippen LogP contribution is 2.30. The lowest BCUT2D eigenvalue weighted by Crippen LogP contribution is -2.47. The van der Waals surface area contributed by atoms with E-state index in [-0.39, 0.29) is 5.91 Å². The van der Waals surface area contributed by atoms with Gasteiger partial charge in [0, 0.05) is 18.6 Å². The molecule has 120 valence electrons. The minimum Gasteiger partial charge on any atom is -0.333 e. The second-order valence-electron chi connectivity index (χ2n) is 6.64. The maximum absolute atomic E-state index is 13.0. The summed E-state index contributed by atoms with van der Waals surface area (Å²) in [7, 11) is 2.18. The highest BCUT2D eigenvalue weighted by atomic mass is 16.2. The number of amides is 1.